The Kier molecular flexibility index (Phi) is 5.46. The number of hydrogen-bond donors (Lipinski definition) is 0. The maximum absolute atomic E-state index is 5.24. The van der Waals surface area contributed by atoms with Crippen LogP contribution in [-0.2, 0) is 12.8 Å². The van der Waals surface area contributed by atoms with Gasteiger partial charge in [0, 0.05) is 71.2 Å². The first-order chi connectivity index (χ1) is 21.3. The molecule has 208 valence electrons. The van der Waals surface area contributed by atoms with Gasteiger partial charge >= 0.3 is 0 Å². The summed E-state index contributed by atoms with van der Waals surface area (Å²) >= 11 is 0. The van der Waals surface area contributed by atoms with E-state index in [1.807, 2.05) is 10.7 Å². The van der Waals surface area contributed by atoms with Crippen molar-refractivity contribution in [2.75, 3.05) is 0 Å². The van der Waals surface area contributed by atoms with E-state index in [0.717, 1.165) is 37.6 Å². The Bertz CT molecular complexity index is 2110. The summed E-state index contributed by atoms with van der Waals surface area (Å²) in [6.07, 6.45) is 40.7. The maximum Gasteiger partial charge on any atom is 0.0922 e. The molecule has 4 aromatic rings. The molecule has 9 rings (SSSR count). The van der Waals surface area contributed by atoms with Gasteiger partial charge in [0.15, 0.2) is 0 Å². The van der Waals surface area contributed by atoms with Crippen molar-refractivity contribution >= 4 is 45.9 Å². The third-order valence-corrected chi connectivity index (χ3v) is 9.72. The van der Waals surface area contributed by atoms with Crippen LogP contribution in [0.15, 0.2) is 120 Å². The van der Waals surface area contributed by atoms with Crippen LogP contribution in [0.2, 0.25) is 0 Å². The number of benzene rings is 1. The van der Waals surface area contributed by atoms with E-state index in [9.17, 15) is 0 Å². The highest BCUT2D eigenvalue weighted by Gasteiger charge is 2.55. The van der Waals surface area contributed by atoms with Crippen LogP contribution in [0.3, 0.4) is 0 Å². The van der Waals surface area contributed by atoms with Crippen molar-refractivity contribution in [1.29, 1.82) is 0 Å². The first kappa shape index (κ1) is 24.6. The lowest BCUT2D eigenvalue weighted by Crippen LogP contribution is -2.10. The van der Waals surface area contributed by atoms with Crippen LogP contribution in [0.1, 0.15) is 47.3 Å². The minimum absolute atomic E-state index is 0.167. The number of nitrogens with zero attached hydrogens (tertiary/aromatic N) is 4. The lowest BCUT2D eigenvalue weighted by atomic mass is 9.99. The second-order valence-electron chi connectivity index (χ2n) is 12.2. The smallest absolute Gasteiger partial charge is 0.0922 e. The van der Waals surface area contributed by atoms with E-state index in [-0.39, 0.29) is 5.54 Å². The number of allylic oxidation sites excluding steroid dienone is 11. The monoisotopic (exact) mass is 556 g/mol. The van der Waals surface area contributed by atoms with Crippen molar-refractivity contribution in [3.63, 3.8) is 0 Å². The fourth-order valence-corrected chi connectivity index (χ4v) is 7.47. The van der Waals surface area contributed by atoms with Gasteiger partial charge in [-0.25, -0.2) is 4.52 Å². The minimum atomic E-state index is -0.167. The number of aliphatic imine (C=N–C) groups is 1. The molecule has 0 bridgehead atoms. The van der Waals surface area contributed by atoms with Crippen molar-refractivity contribution < 1.29 is 0 Å². The molecule has 0 spiro atoms. The normalized spacial score (nSPS) is 23.5. The molecule has 1 saturated carbocycles. The van der Waals surface area contributed by atoms with Crippen LogP contribution in [0.5, 0.6) is 0 Å². The van der Waals surface area contributed by atoms with E-state index in [2.05, 4.69) is 126 Å². The standard InChI is InChI=1S/C39H32N4/c1-3-14-33-34-15-4-2-6-17-37(34)43(36(33)16-5-1)32-13-9-12-30(18-19-32)39-24-31(39)22-28(20-21-40-39)35-25-41-42-26-29-11-8-7-10-27(29)23-38(35)42/h1-12,14,17-19,21-23,25-26,31H,13,15-16,20,24H2. The molecule has 4 nitrogen and oxygen atoms in total. The van der Waals surface area contributed by atoms with Gasteiger partial charge in [-0.1, -0.05) is 91.1 Å². The number of hydrogen-bond acceptors (Lipinski definition) is 2. The molecule has 5 aliphatic rings. The maximum atomic E-state index is 5.24. The molecule has 0 amide bonds. The van der Waals surface area contributed by atoms with E-state index in [1.165, 1.54) is 55.7 Å². The molecule has 4 heterocycles. The van der Waals surface area contributed by atoms with Gasteiger partial charge < -0.3 is 4.57 Å². The summed E-state index contributed by atoms with van der Waals surface area (Å²) in [5, 5.41) is 7.17. The van der Waals surface area contributed by atoms with Gasteiger partial charge in [0.1, 0.15) is 0 Å². The van der Waals surface area contributed by atoms with E-state index in [1.54, 1.807) is 0 Å². The Labute approximate surface area is 251 Å². The molecular formula is C39H32N4. The van der Waals surface area contributed by atoms with E-state index in [0.29, 0.717) is 5.92 Å². The van der Waals surface area contributed by atoms with Crippen molar-refractivity contribution in [3.05, 3.63) is 143 Å². The van der Waals surface area contributed by atoms with Gasteiger partial charge in [0.05, 0.1) is 17.3 Å². The van der Waals surface area contributed by atoms with Gasteiger partial charge in [-0.3, -0.25) is 4.99 Å². The zero-order valence-corrected chi connectivity index (χ0v) is 24.0. The minimum Gasteiger partial charge on any atom is -0.316 e. The predicted molar refractivity (Wildman–Crippen MR) is 179 cm³/mol. The lowest BCUT2D eigenvalue weighted by molar-refractivity contribution is 0.774. The second-order valence-corrected chi connectivity index (χ2v) is 12.2. The third kappa shape index (κ3) is 3.90. The summed E-state index contributed by atoms with van der Waals surface area (Å²) in [6.45, 7) is 0. The SMILES string of the molecule is C1=CCc2c3c(n(C4=CC=C(C56CC5C=C(c5cnn7cc8ccccc8cc57)CC=N6)C=CC4)c2C=C1)CC=CC=C3. The molecule has 3 aromatic heterocycles. The molecule has 0 radical (unpaired) electrons. The molecule has 1 aliphatic heterocycles. The first-order valence-electron chi connectivity index (χ1n) is 15.4. The van der Waals surface area contributed by atoms with E-state index >= 15 is 0 Å². The van der Waals surface area contributed by atoms with Gasteiger partial charge in [-0.15, -0.1) is 0 Å². The van der Waals surface area contributed by atoms with Crippen molar-refractivity contribution in [2.24, 2.45) is 10.9 Å². The number of rotatable bonds is 3. The summed E-state index contributed by atoms with van der Waals surface area (Å²) in [5.74, 6) is 0.394. The molecule has 1 fully saturated rings. The quantitative estimate of drug-likeness (QED) is 0.249. The van der Waals surface area contributed by atoms with Gasteiger partial charge in [-0.2, -0.15) is 5.10 Å². The molecule has 4 aliphatic carbocycles. The highest BCUT2D eigenvalue weighted by atomic mass is 15.2. The highest BCUT2D eigenvalue weighted by Crippen LogP contribution is 2.56. The topological polar surface area (TPSA) is 34.6 Å². The first-order valence-corrected chi connectivity index (χ1v) is 15.4. The Morgan fingerprint density at radius 1 is 0.837 bits per heavy atom. The van der Waals surface area contributed by atoms with Crippen molar-refractivity contribution in [1.82, 2.24) is 14.2 Å². The number of pyridine rings is 1. The Balaban J connectivity index is 1.08. The second kappa shape index (κ2) is 9.53. The van der Waals surface area contributed by atoms with Crippen LogP contribution >= 0.6 is 0 Å². The molecule has 0 saturated heterocycles. The molecule has 0 N–H and O–H groups in total. The van der Waals surface area contributed by atoms with Crippen LogP contribution < -0.4 is 0 Å². The molecule has 2 unspecified atom stereocenters. The highest BCUT2D eigenvalue weighted by molar-refractivity contribution is 5.92. The molecular weight excluding hydrogens is 524 g/mol. The van der Waals surface area contributed by atoms with Crippen molar-refractivity contribution in [2.45, 2.75) is 37.6 Å². The number of aromatic nitrogens is 3. The lowest BCUT2D eigenvalue weighted by Gasteiger charge is -2.14. The molecule has 43 heavy (non-hydrogen) atoms. The Morgan fingerprint density at radius 2 is 1.72 bits per heavy atom. The zero-order chi connectivity index (χ0) is 28.4. The molecule has 2 atom stereocenters. The predicted octanol–water partition coefficient (Wildman–Crippen LogP) is 8.58. The average Bonchev–Trinajstić information content (AvgIpc) is 3.73. The summed E-state index contributed by atoms with van der Waals surface area (Å²) in [5.41, 5.74) is 11.7. The fourth-order valence-electron chi connectivity index (χ4n) is 7.47. The van der Waals surface area contributed by atoms with Crippen LogP contribution in [0.25, 0.3) is 39.7 Å². The third-order valence-electron chi connectivity index (χ3n) is 9.72. The molecule has 4 heteroatoms. The van der Waals surface area contributed by atoms with Crippen LogP contribution in [-0.4, -0.2) is 25.9 Å². The summed E-state index contributed by atoms with van der Waals surface area (Å²) in [7, 11) is 0. The summed E-state index contributed by atoms with van der Waals surface area (Å²) in [4.78, 5) is 5.24. The summed E-state index contributed by atoms with van der Waals surface area (Å²) < 4.78 is 4.53. The van der Waals surface area contributed by atoms with Gasteiger partial charge in [-0.05, 0) is 53.2 Å². The summed E-state index contributed by atoms with van der Waals surface area (Å²) in [6, 6.07) is 10.8. The van der Waals surface area contributed by atoms with Gasteiger partial charge in [0.25, 0.3) is 0 Å². The molecule has 1 aromatic carbocycles. The fraction of sp³-hybridized carbons (Fsp3) is 0.179. The van der Waals surface area contributed by atoms with Crippen molar-refractivity contribution in [3.8, 4) is 0 Å². The van der Waals surface area contributed by atoms with E-state index in [4.69, 9.17) is 10.1 Å². The largest absolute Gasteiger partial charge is 0.316 e. The van der Waals surface area contributed by atoms with Crippen LogP contribution in [0, 0.1) is 5.92 Å². The zero-order valence-electron chi connectivity index (χ0n) is 24.0. The van der Waals surface area contributed by atoms with E-state index < -0.39 is 0 Å². The van der Waals surface area contributed by atoms with Gasteiger partial charge in [0.2, 0.25) is 0 Å². The Hall–Kier alpha value is -4.96. The average molecular weight is 557 g/mol. The van der Waals surface area contributed by atoms with Crippen LogP contribution in [0.4, 0.5) is 0 Å². The Morgan fingerprint density at radius 3 is 2.67 bits per heavy atom. The number of fused-ring (bicyclic) bond motifs is 6.